The number of hydrogen-bond donors (Lipinski definition) is 1. The molecule has 41 heavy (non-hydrogen) atoms. The van der Waals surface area contributed by atoms with E-state index in [9.17, 15) is 4.79 Å². The number of anilines is 2. The Kier molecular flexibility index (Phi) is 9.28. The zero-order chi connectivity index (χ0) is 28.8. The van der Waals surface area contributed by atoms with E-state index in [1.165, 1.54) is 0 Å². The van der Waals surface area contributed by atoms with Crippen LogP contribution in [0.15, 0.2) is 42.6 Å². The van der Waals surface area contributed by atoms with Crippen LogP contribution in [0.25, 0.3) is 21.7 Å². The van der Waals surface area contributed by atoms with Gasteiger partial charge in [-0.3, -0.25) is 9.78 Å². The highest BCUT2D eigenvalue weighted by molar-refractivity contribution is 7.18. The summed E-state index contributed by atoms with van der Waals surface area (Å²) in [4.78, 5) is 31.1. The minimum Gasteiger partial charge on any atom is -0.497 e. The molecule has 216 valence electrons. The number of rotatable bonds is 11. The van der Waals surface area contributed by atoms with Crippen molar-refractivity contribution in [3.05, 3.63) is 53.0 Å². The molecule has 0 aliphatic carbocycles. The number of pyridine rings is 1. The second-order valence-electron chi connectivity index (χ2n) is 9.86. The summed E-state index contributed by atoms with van der Waals surface area (Å²) in [6, 6.07) is 10.9. The molecule has 1 saturated heterocycles. The Hall–Kier alpha value is -3.80. The van der Waals surface area contributed by atoms with Crippen LogP contribution in [0.1, 0.15) is 29.7 Å². The van der Waals surface area contributed by atoms with Crippen LogP contribution >= 0.6 is 11.3 Å². The Labute approximate surface area is 243 Å². The van der Waals surface area contributed by atoms with E-state index in [0.717, 1.165) is 46.5 Å². The SMILES string of the molecule is COc1cccc(NC(=O)CN(C)c2nc(-c3cc(OCCOC4CCCCO4)ccn3)nc3sc(C)c(C)c23)c1. The zero-order valence-electron chi connectivity index (χ0n) is 23.8. The summed E-state index contributed by atoms with van der Waals surface area (Å²) in [6.45, 7) is 5.79. The Morgan fingerprint density at radius 3 is 2.83 bits per heavy atom. The van der Waals surface area contributed by atoms with E-state index in [4.69, 9.17) is 28.9 Å². The van der Waals surface area contributed by atoms with Crippen molar-refractivity contribution in [2.24, 2.45) is 0 Å². The molecular formula is C30H35N5O5S. The molecule has 4 aromatic rings. The summed E-state index contributed by atoms with van der Waals surface area (Å²) in [7, 11) is 3.45. The first kappa shape index (κ1) is 28.7. The number of carbonyl (C=O) groups excluding carboxylic acids is 1. The van der Waals surface area contributed by atoms with Crippen LogP contribution in [-0.2, 0) is 14.3 Å². The number of nitrogens with one attached hydrogen (secondary N) is 1. The average molecular weight is 578 g/mol. The molecule has 1 unspecified atom stereocenters. The van der Waals surface area contributed by atoms with E-state index < -0.39 is 0 Å². The molecule has 0 radical (unpaired) electrons. The molecule has 0 spiro atoms. The van der Waals surface area contributed by atoms with Crippen molar-refractivity contribution in [1.29, 1.82) is 0 Å². The van der Waals surface area contributed by atoms with E-state index >= 15 is 0 Å². The van der Waals surface area contributed by atoms with Crippen molar-refractivity contribution in [1.82, 2.24) is 15.0 Å². The van der Waals surface area contributed by atoms with E-state index in [-0.39, 0.29) is 18.7 Å². The number of carbonyl (C=O) groups is 1. The summed E-state index contributed by atoms with van der Waals surface area (Å²) in [5.74, 6) is 2.28. The number of ether oxygens (including phenoxy) is 4. The largest absolute Gasteiger partial charge is 0.497 e. The standard InChI is InChI=1S/C30H35N5O5S/c1-19-20(2)41-30-27(19)29(35(3)18-25(36)32-21-8-7-9-22(16-21)37-4)33-28(34-30)24-17-23(11-12-31-24)38-14-15-40-26-10-5-6-13-39-26/h7-9,11-12,16-17,26H,5-6,10,13-15,18H2,1-4H3,(H,32,36). The van der Waals surface area contributed by atoms with Crippen molar-refractivity contribution in [2.75, 3.05) is 50.7 Å². The minimum atomic E-state index is -0.173. The molecule has 1 fully saturated rings. The lowest BCUT2D eigenvalue weighted by molar-refractivity contribution is -0.165. The van der Waals surface area contributed by atoms with Gasteiger partial charge in [-0.15, -0.1) is 11.3 Å². The first-order chi connectivity index (χ1) is 19.9. The maximum Gasteiger partial charge on any atom is 0.243 e. The first-order valence-corrected chi connectivity index (χ1v) is 14.5. The van der Waals surface area contributed by atoms with Gasteiger partial charge in [-0.25, -0.2) is 9.97 Å². The van der Waals surface area contributed by atoms with E-state index in [0.29, 0.717) is 47.7 Å². The van der Waals surface area contributed by atoms with Crippen molar-refractivity contribution in [3.8, 4) is 23.0 Å². The molecule has 1 aliphatic rings. The Balaban J connectivity index is 1.32. The maximum absolute atomic E-state index is 13.0. The molecule has 1 aliphatic heterocycles. The van der Waals surface area contributed by atoms with E-state index in [2.05, 4.69) is 24.1 Å². The molecule has 1 atom stereocenters. The van der Waals surface area contributed by atoms with Gasteiger partial charge in [0.15, 0.2) is 12.1 Å². The van der Waals surface area contributed by atoms with Crippen molar-refractivity contribution in [3.63, 3.8) is 0 Å². The number of thiophene rings is 1. The van der Waals surface area contributed by atoms with Crippen LogP contribution in [0.5, 0.6) is 11.5 Å². The Morgan fingerprint density at radius 2 is 2.02 bits per heavy atom. The lowest BCUT2D eigenvalue weighted by atomic mass is 10.2. The minimum absolute atomic E-state index is 0.0956. The van der Waals surface area contributed by atoms with Crippen LogP contribution in [0.4, 0.5) is 11.5 Å². The molecule has 5 rings (SSSR count). The van der Waals surface area contributed by atoms with Crippen LogP contribution < -0.4 is 19.7 Å². The quantitative estimate of drug-likeness (QED) is 0.235. The predicted molar refractivity (Wildman–Crippen MR) is 160 cm³/mol. The van der Waals surface area contributed by atoms with Crippen LogP contribution in [0.2, 0.25) is 0 Å². The third-order valence-corrected chi connectivity index (χ3v) is 7.96. The monoisotopic (exact) mass is 577 g/mol. The normalized spacial score (nSPS) is 15.1. The number of likely N-dealkylation sites (N-methyl/N-ethyl adjacent to an activating group) is 1. The first-order valence-electron chi connectivity index (χ1n) is 13.7. The number of nitrogens with zero attached hydrogens (tertiary/aromatic N) is 4. The molecule has 11 heteroatoms. The van der Waals surface area contributed by atoms with Gasteiger partial charge in [0.1, 0.15) is 34.4 Å². The van der Waals surface area contributed by atoms with Crippen LogP contribution in [-0.4, -0.2) is 67.7 Å². The number of aryl methyl sites for hydroxylation is 2. The number of methoxy groups -OCH3 is 1. The average Bonchev–Trinajstić information content (AvgIpc) is 3.28. The molecule has 4 heterocycles. The van der Waals surface area contributed by atoms with Gasteiger partial charge >= 0.3 is 0 Å². The van der Waals surface area contributed by atoms with E-state index in [1.54, 1.807) is 36.8 Å². The molecular weight excluding hydrogens is 542 g/mol. The fourth-order valence-corrected chi connectivity index (χ4v) is 5.64. The van der Waals surface area contributed by atoms with Crippen molar-refractivity contribution < 1.29 is 23.7 Å². The summed E-state index contributed by atoms with van der Waals surface area (Å²) in [5.41, 5.74) is 2.34. The van der Waals surface area contributed by atoms with Crippen LogP contribution in [0.3, 0.4) is 0 Å². The Bertz CT molecular complexity index is 1500. The molecule has 10 nitrogen and oxygen atoms in total. The molecule has 3 aromatic heterocycles. The molecule has 0 saturated carbocycles. The van der Waals surface area contributed by atoms with Gasteiger partial charge in [0.25, 0.3) is 0 Å². The van der Waals surface area contributed by atoms with Gasteiger partial charge in [0, 0.05) is 42.5 Å². The smallest absolute Gasteiger partial charge is 0.243 e. The van der Waals surface area contributed by atoms with Gasteiger partial charge in [0.05, 0.1) is 25.6 Å². The van der Waals surface area contributed by atoms with Crippen LogP contribution in [0, 0.1) is 13.8 Å². The van der Waals surface area contributed by atoms with Gasteiger partial charge in [-0.05, 0) is 56.9 Å². The predicted octanol–water partition coefficient (Wildman–Crippen LogP) is 5.38. The second-order valence-corrected chi connectivity index (χ2v) is 11.1. The lowest BCUT2D eigenvalue weighted by Gasteiger charge is -2.22. The highest BCUT2D eigenvalue weighted by Gasteiger charge is 2.21. The fourth-order valence-electron chi connectivity index (χ4n) is 4.62. The fraction of sp³-hybridized carbons (Fsp3) is 0.400. The molecule has 1 aromatic carbocycles. The van der Waals surface area contributed by atoms with Gasteiger partial charge in [0.2, 0.25) is 5.91 Å². The summed E-state index contributed by atoms with van der Waals surface area (Å²) in [6.07, 6.45) is 4.66. The highest BCUT2D eigenvalue weighted by atomic mass is 32.1. The van der Waals surface area contributed by atoms with Gasteiger partial charge in [-0.2, -0.15) is 0 Å². The second kappa shape index (κ2) is 13.2. The summed E-state index contributed by atoms with van der Waals surface area (Å²) < 4.78 is 22.6. The summed E-state index contributed by atoms with van der Waals surface area (Å²) >= 11 is 1.60. The third kappa shape index (κ3) is 7.10. The molecule has 1 amide bonds. The number of benzene rings is 1. The number of amides is 1. The van der Waals surface area contributed by atoms with Gasteiger partial charge in [-0.1, -0.05) is 6.07 Å². The topological polar surface area (TPSA) is 108 Å². The Morgan fingerprint density at radius 1 is 1.15 bits per heavy atom. The van der Waals surface area contributed by atoms with E-state index in [1.807, 2.05) is 36.2 Å². The number of aromatic nitrogens is 3. The highest BCUT2D eigenvalue weighted by Crippen LogP contribution is 2.36. The molecule has 1 N–H and O–H groups in total. The molecule has 0 bridgehead atoms. The van der Waals surface area contributed by atoms with Crippen molar-refractivity contribution >= 4 is 39.0 Å². The lowest BCUT2D eigenvalue weighted by Crippen LogP contribution is -2.31. The van der Waals surface area contributed by atoms with Crippen molar-refractivity contribution in [2.45, 2.75) is 39.4 Å². The zero-order valence-corrected chi connectivity index (χ0v) is 24.6. The maximum atomic E-state index is 13.0. The number of fused-ring (bicyclic) bond motifs is 1. The summed E-state index contributed by atoms with van der Waals surface area (Å²) in [5, 5.41) is 3.87. The van der Waals surface area contributed by atoms with Gasteiger partial charge < -0.3 is 29.2 Å². The number of hydrogen-bond acceptors (Lipinski definition) is 10. The third-order valence-electron chi connectivity index (χ3n) is 6.86.